The van der Waals surface area contributed by atoms with Gasteiger partial charge in [0, 0.05) is 24.6 Å². The van der Waals surface area contributed by atoms with Crippen molar-refractivity contribution < 1.29 is 19.1 Å². The highest BCUT2D eigenvalue weighted by molar-refractivity contribution is 5.96. The van der Waals surface area contributed by atoms with Gasteiger partial charge in [0.05, 0.1) is 5.69 Å². The minimum absolute atomic E-state index is 0.0199. The Hall–Kier alpha value is -1.95. The Balaban J connectivity index is 2.75. The molecule has 0 saturated carbocycles. The van der Waals surface area contributed by atoms with E-state index in [1.54, 1.807) is 0 Å². The second kappa shape index (κ2) is 9.25. The quantitative estimate of drug-likeness (QED) is 0.688. The molecule has 0 bridgehead atoms. The first-order valence-electron chi connectivity index (χ1n) is 7.88. The highest BCUT2D eigenvalue weighted by atomic mass is 19.1. The van der Waals surface area contributed by atoms with Gasteiger partial charge in [-0.25, -0.2) is 4.39 Å². The molecule has 3 N–H and O–H groups in total. The van der Waals surface area contributed by atoms with E-state index in [0.29, 0.717) is 19.3 Å². The van der Waals surface area contributed by atoms with Crippen LogP contribution in [0, 0.1) is 11.7 Å². The Morgan fingerprint density at radius 3 is 2.52 bits per heavy atom. The first kappa shape index (κ1) is 19.1. The Morgan fingerprint density at radius 2 is 2.00 bits per heavy atom. The van der Waals surface area contributed by atoms with Gasteiger partial charge >= 0.3 is 0 Å². The highest BCUT2D eigenvalue weighted by Gasteiger charge is 2.15. The van der Waals surface area contributed by atoms with Crippen LogP contribution < -0.4 is 10.6 Å². The zero-order valence-electron chi connectivity index (χ0n) is 13.9. The number of aliphatic hydroxyl groups excluding tert-OH is 1. The van der Waals surface area contributed by atoms with Crippen molar-refractivity contribution in [2.75, 3.05) is 11.9 Å². The zero-order valence-corrected chi connectivity index (χ0v) is 13.9. The number of hydrogen-bond donors (Lipinski definition) is 3. The summed E-state index contributed by atoms with van der Waals surface area (Å²) >= 11 is 0. The molecule has 0 aliphatic heterocycles. The predicted octanol–water partition coefficient (Wildman–Crippen LogP) is 2.70. The van der Waals surface area contributed by atoms with Gasteiger partial charge < -0.3 is 15.7 Å². The summed E-state index contributed by atoms with van der Waals surface area (Å²) in [6.07, 6.45) is 1.44. The molecule has 0 aromatic heterocycles. The molecule has 0 radical (unpaired) electrons. The molecular formula is C17H25FN2O3. The average molecular weight is 324 g/mol. The van der Waals surface area contributed by atoms with E-state index in [1.165, 1.54) is 12.1 Å². The number of hydrogen-bond acceptors (Lipinski definition) is 3. The topological polar surface area (TPSA) is 78.4 Å². The summed E-state index contributed by atoms with van der Waals surface area (Å²) in [7, 11) is 0. The first-order valence-corrected chi connectivity index (χ1v) is 7.88. The minimum Gasteiger partial charge on any atom is -0.396 e. The maximum atomic E-state index is 14.0. The second-order valence-electron chi connectivity index (χ2n) is 5.93. The van der Waals surface area contributed by atoms with Crippen LogP contribution >= 0.6 is 0 Å². The number of aliphatic hydroxyl groups is 1. The summed E-state index contributed by atoms with van der Waals surface area (Å²) in [6, 6.07) is 3.80. The Bertz CT molecular complexity index is 547. The van der Waals surface area contributed by atoms with Gasteiger partial charge in [-0.1, -0.05) is 20.8 Å². The van der Waals surface area contributed by atoms with Crippen molar-refractivity contribution in [1.29, 1.82) is 0 Å². The van der Waals surface area contributed by atoms with E-state index >= 15 is 0 Å². The average Bonchev–Trinajstić information content (AvgIpc) is 2.47. The molecule has 1 aromatic carbocycles. The van der Waals surface area contributed by atoms with Crippen LogP contribution in [0.15, 0.2) is 18.2 Å². The van der Waals surface area contributed by atoms with E-state index in [1.807, 2.05) is 20.8 Å². The minimum atomic E-state index is -0.648. The van der Waals surface area contributed by atoms with Gasteiger partial charge in [-0.3, -0.25) is 9.59 Å². The fraction of sp³-hybridized carbons (Fsp3) is 0.529. The molecule has 1 unspecified atom stereocenters. The van der Waals surface area contributed by atoms with Crippen LogP contribution in [0.5, 0.6) is 0 Å². The number of nitrogens with one attached hydrogen (secondary N) is 2. The molecule has 6 heteroatoms. The van der Waals surface area contributed by atoms with Crippen LogP contribution in [0.25, 0.3) is 0 Å². The molecule has 0 saturated heterocycles. The van der Waals surface area contributed by atoms with E-state index in [-0.39, 0.29) is 35.7 Å². The van der Waals surface area contributed by atoms with Crippen LogP contribution in [0.1, 0.15) is 50.4 Å². The molecule has 1 atom stereocenters. The normalized spacial score (nSPS) is 12.1. The summed E-state index contributed by atoms with van der Waals surface area (Å²) < 4.78 is 14.0. The predicted molar refractivity (Wildman–Crippen MR) is 87.7 cm³/mol. The van der Waals surface area contributed by atoms with Crippen molar-refractivity contribution in [3.05, 3.63) is 29.6 Å². The maximum absolute atomic E-state index is 14.0. The molecule has 5 nitrogen and oxygen atoms in total. The fourth-order valence-electron chi connectivity index (χ4n) is 2.13. The van der Waals surface area contributed by atoms with Gasteiger partial charge in [-0.05, 0) is 37.0 Å². The molecular weight excluding hydrogens is 299 g/mol. The lowest BCUT2D eigenvalue weighted by Gasteiger charge is -2.16. The van der Waals surface area contributed by atoms with Crippen LogP contribution in [-0.2, 0) is 4.79 Å². The number of rotatable bonds is 8. The third-order valence-electron chi connectivity index (χ3n) is 3.40. The number of carbonyl (C=O) groups is 2. The molecule has 1 aromatic rings. The fourth-order valence-corrected chi connectivity index (χ4v) is 2.13. The number of carbonyl (C=O) groups excluding carboxylic acids is 2. The van der Waals surface area contributed by atoms with Crippen molar-refractivity contribution in [2.45, 2.75) is 46.1 Å². The zero-order chi connectivity index (χ0) is 17.4. The van der Waals surface area contributed by atoms with Crippen LogP contribution in [-0.4, -0.2) is 29.6 Å². The van der Waals surface area contributed by atoms with Crippen LogP contribution in [0.3, 0.4) is 0 Å². The SMILES string of the molecule is CCC(CCO)NC(=O)c1ccc(NC(=O)CC(C)C)c(F)c1. The third kappa shape index (κ3) is 6.36. The molecule has 128 valence electrons. The molecule has 0 heterocycles. The van der Waals surface area contributed by atoms with Crippen molar-refractivity contribution in [1.82, 2.24) is 5.32 Å². The van der Waals surface area contributed by atoms with E-state index in [4.69, 9.17) is 5.11 Å². The van der Waals surface area contributed by atoms with Crippen LogP contribution in [0.4, 0.5) is 10.1 Å². The van der Waals surface area contributed by atoms with Crippen molar-refractivity contribution >= 4 is 17.5 Å². The lowest BCUT2D eigenvalue weighted by Crippen LogP contribution is -2.35. The lowest BCUT2D eigenvalue weighted by atomic mass is 10.1. The van der Waals surface area contributed by atoms with E-state index < -0.39 is 11.7 Å². The smallest absolute Gasteiger partial charge is 0.251 e. The maximum Gasteiger partial charge on any atom is 0.251 e. The number of amides is 2. The van der Waals surface area contributed by atoms with Gasteiger partial charge in [0.25, 0.3) is 5.91 Å². The van der Waals surface area contributed by atoms with Gasteiger partial charge in [-0.15, -0.1) is 0 Å². The summed E-state index contributed by atoms with van der Waals surface area (Å²) in [5.74, 6) is -1.13. The summed E-state index contributed by atoms with van der Waals surface area (Å²) in [4.78, 5) is 23.7. The van der Waals surface area contributed by atoms with Crippen molar-refractivity contribution in [3.8, 4) is 0 Å². The molecule has 0 spiro atoms. The van der Waals surface area contributed by atoms with Crippen LogP contribution in [0.2, 0.25) is 0 Å². The second-order valence-corrected chi connectivity index (χ2v) is 5.93. The highest BCUT2D eigenvalue weighted by Crippen LogP contribution is 2.17. The first-order chi connectivity index (χ1) is 10.9. The Kier molecular flexibility index (Phi) is 7.68. The summed E-state index contributed by atoms with van der Waals surface area (Å²) in [6.45, 7) is 5.68. The largest absolute Gasteiger partial charge is 0.396 e. The molecule has 2 amide bonds. The van der Waals surface area contributed by atoms with Gasteiger partial charge in [0.15, 0.2) is 0 Å². The molecule has 0 aliphatic rings. The van der Waals surface area contributed by atoms with Gasteiger partial charge in [-0.2, -0.15) is 0 Å². The van der Waals surface area contributed by atoms with E-state index in [0.717, 1.165) is 6.07 Å². The number of halogens is 1. The third-order valence-corrected chi connectivity index (χ3v) is 3.40. The number of benzene rings is 1. The lowest BCUT2D eigenvalue weighted by molar-refractivity contribution is -0.116. The van der Waals surface area contributed by atoms with E-state index in [2.05, 4.69) is 10.6 Å². The standard InChI is InChI=1S/C17H25FN2O3/c1-4-13(7-8-21)19-17(23)12-5-6-15(14(18)10-12)20-16(22)9-11(2)3/h5-6,10-11,13,21H,4,7-9H2,1-3H3,(H,19,23)(H,20,22). The Morgan fingerprint density at radius 1 is 1.30 bits per heavy atom. The van der Waals surface area contributed by atoms with E-state index in [9.17, 15) is 14.0 Å². The van der Waals surface area contributed by atoms with Gasteiger partial charge in [0.2, 0.25) is 5.91 Å². The van der Waals surface area contributed by atoms with Crippen molar-refractivity contribution in [2.24, 2.45) is 5.92 Å². The summed E-state index contributed by atoms with van der Waals surface area (Å²) in [5, 5.41) is 14.2. The molecule has 23 heavy (non-hydrogen) atoms. The monoisotopic (exact) mass is 324 g/mol. The van der Waals surface area contributed by atoms with Gasteiger partial charge in [0.1, 0.15) is 5.82 Å². The summed E-state index contributed by atoms with van der Waals surface area (Å²) in [5.41, 5.74) is 0.246. The molecule has 0 aliphatic carbocycles. The molecule has 0 fully saturated rings. The van der Waals surface area contributed by atoms with Crippen molar-refractivity contribution in [3.63, 3.8) is 0 Å². The number of anilines is 1. The Labute approximate surface area is 136 Å². The molecule has 1 rings (SSSR count).